The van der Waals surface area contributed by atoms with Crippen LogP contribution >= 0.6 is 24.0 Å². The first kappa shape index (κ1) is 24.5. The molecule has 2 heterocycles. The minimum Gasteiger partial charge on any atom is -0.493 e. The van der Waals surface area contributed by atoms with E-state index in [1.807, 2.05) is 36.4 Å². The highest BCUT2D eigenvalue weighted by atomic mass is 127. The molecule has 1 unspecified atom stereocenters. The summed E-state index contributed by atoms with van der Waals surface area (Å²) in [5.41, 5.74) is 0.922. The molecule has 8 heteroatoms. The average Bonchev–Trinajstić information content (AvgIpc) is 3.44. The van der Waals surface area contributed by atoms with Crippen molar-refractivity contribution >= 4 is 35.6 Å². The fourth-order valence-electron chi connectivity index (χ4n) is 3.07. The van der Waals surface area contributed by atoms with Gasteiger partial charge in [0, 0.05) is 51.5 Å². The fourth-order valence-corrected chi connectivity index (χ4v) is 3.07. The van der Waals surface area contributed by atoms with Crippen molar-refractivity contribution in [3.63, 3.8) is 0 Å². The number of hydrogen-bond acceptors (Lipinski definition) is 5. The summed E-state index contributed by atoms with van der Waals surface area (Å²) in [7, 11) is 1.70. The summed E-state index contributed by atoms with van der Waals surface area (Å²) >= 11 is 0. The molecule has 2 aromatic rings. The van der Waals surface area contributed by atoms with Crippen molar-refractivity contribution in [1.29, 1.82) is 0 Å². The molecule has 7 nitrogen and oxygen atoms in total. The van der Waals surface area contributed by atoms with Crippen molar-refractivity contribution in [2.75, 3.05) is 45.3 Å². The van der Waals surface area contributed by atoms with Crippen LogP contribution in [0.25, 0.3) is 0 Å². The van der Waals surface area contributed by atoms with Gasteiger partial charge >= 0.3 is 0 Å². The number of ether oxygens (including phenoxy) is 3. The molecule has 30 heavy (non-hydrogen) atoms. The van der Waals surface area contributed by atoms with Crippen LogP contribution in [0.2, 0.25) is 0 Å². The van der Waals surface area contributed by atoms with Gasteiger partial charge in [0.25, 0.3) is 0 Å². The van der Waals surface area contributed by atoms with Gasteiger partial charge in [-0.25, -0.2) is 0 Å². The molecule has 1 aliphatic rings. The second kappa shape index (κ2) is 14.3. The number of nitrogens with zero attached hydrogens (tertiary/aromatic N) is 1. The Kier molecular flexibility index (Phi) is 11.6. The molecule has 3 rings (SSSR count). The zero-order valence-electron chi connectivity index (χ0n) is 17.5. The Labute approximate surface area is 195 Å². The van der Waals surface area contributed by atoms with Gasteiger partial charge in [-0.15, -0.1) is 24.0 Å². The second-order valence-electron chi connectivity index (χ2n) is 6.93. The van der Waals surface area contributed by atoms with Gasteiger partial charge in [0.1, 0.15) is 11.5 Å². The van der Waals surface area contributed by atoms with Crippen LogP contribution in [0.3, 0.4) is 0 Å². The molecule has 0 bridgehead atoms. The molecule has 166 valence electrons. The molecule has 2 N–H and O–H groups in total. The maximum Gasteiger partial charge on any atom is 0.195 e. The molecule has 1 aromatic heterocycles. The minimum absolute atomic E-state index is 0. The molecule has 0 radical (unpaired) electrons. The third kappa shape index (κ3) is 8.93. The lowest BCUT2D eigenvalue weighted by molar-refractivity contribution is 0.118. The van der Waals surface area contributed by atoms with Crippen LogP contribution in [0, 0.1) is 0 Å². The molecular weight excluding hydrogens is 497 g/mol. The van der Waals surface area contributed by atoms with Gasteiger partial charge in [0.2, 0.25) is 0 Å². The fraction of sp³-hybridized carbons (Fsp3) is 0.500. The SMILES string of the molecule is COCCCOc1cccc(NC(=NCC2CCCO2)NCCc2ccco2)c1.I. The van der Waals surface area contributed by atoms with Crippen LogP contribution in [0.1, 0.15) is 25.0 Å². The highest BCUT2D eigenvalue weighted by Crippen LogP contribution is 2.18. The summed E-state index contributed by atoms with van der Waals surface area (Å²) in [5, 5.41) is 6.75. The lowest BCUT2D eigenvalue weighted by atomic mass is 10.2. The number of methoxy groups -OCH3 is 1. The van der Waals surface area contributed by atoms with E-state index >= 15 is 0 Å². The van der Waals surface area contributed by atoms with Gasteiger partial charge in [-0.1, -0.05) is 6.07 Å². The zero-order chi connectivity index (χ0) is 20.2. The van der Waals surface area contributed by atoms with E-state index in [9.17, 15) is 0 Å². The van der Waals surface area contributed by atoms with Crippen molar-refractivity contribution in [2.24, 2.45) is 4.99 Å². The number of aliphatic imine (C=N–C) groups is 1. The van der Waals surface area contributed by atoms with E-state index < -0.39 is 0 Å². The second-order valence-corrected chi connectivity index (χ2v) is 6.93. The van der Waals surface area contributed by atoms with Crippen LogP contribution < -0.4 is 15.4 Å². The van der Waals surface area contributed by atoms with Crippen LogP contribution in [0.5, 0.6) is 5.75 Å². The molecule has 0 spiro atoms. The maximum atomic E-state index is 5.79. The predicted molar refractivity (Wildman–Crippen MR) is 129 cm³/mol. The largest absolute Gasteiger partial charge is 0.493 e. The molecule has 1 atom stereocenters. The molecule has 0 aliphatic carbocycles. The number of rotatable bonds is 11. The monoisotopic (exact) mass is 529 g/mol. The highest BCUT2D eigenvalue weighted by molar-refractivity contribution is 14.0. The normalized spacial score (nSPS) is 16.2. The van der Waals surface area contributed by atoms with Crippen LogP contribution in [0.15, 0.2) is 52.1 Å². The Morgan fingerprint density at radius 1 is 1.23 bits per heavy atom. The van der Waals surface area contributed by atoms with Crippen molar-refractivity contribution in [1.82, 2.24) is 5.32 Å². The zero-order valence-corrected chi connectivity index (χ0v) is 19.8. The molecule has 0 saturated carbocycles. The number of benzene rings is 1. The molecule has 1 aromatic carbocycles. The Morgan fingerprint density at radius 2 is 2.17 bits per heavy atom. The predicted octanol–water partition coefficient (Wildman–Crippen LogP) is 4.09. The number of hydrogen-bond donors (Lipinski definition) is 2. The number of furan rings is 1. The van der Waals surface area contributed by atoms with Crippen molar-refractivity contribution in [2.45, 2.75) is 31.8 Å². The summed E-state index contributed by atoms with van der Waals surface area (Å²) in [6, 6.07) is 11.8. The molecule has 1 saturated heterocycles. The Bertz CT molecular complexity index is 734. The molecule has 0 amide bonds. The van der Waals surface area contributed by atoms with E-state index in [1.165, 1.54) is 0 Å². The van der Waals surface area contributed by atoms with E-state index in [0.29, 0.717) is 19.8 Å². The first-order valence-electron chi connectivity index (χ1n) is 10.2. The van der Waals surface area contributed by atoms with Crippen molar-refractivity contribution < 1.29 is 18.6 Å². The number of guanidine groups is 1. The van der Waals surface area contributed by atoms with E-state index in [-0.39, 0.29) is 30.1 Å². The van der Waals surface area contributed by atoms with Crippen LogP contribution in [-0.4, -0.2) is 52.1 Å². The Balaban J connectivity index is 0.00000320. The molecule has 1 aliphatic heterocycles. The first-order chi connectivity index (χ1) is 14.3. The number of halogens is 1. The van der Waals surface area contributed by atoms with Crippen molar-refractivity contribution in [3.8, 4) is 5.75 Å². The van der Waals surface area contributed by atoms with Gasteiger partial charge in [0.05, 0.1) is 25.5 Å². The maximum absolute atomic E-state index is 5.79. The third-order valence-corrected chi connectivity index (χ3v) is 4.58. The van der Waals surface area contributed by atoms with Crippen LogP contribution in [0.4, 0.5) is 5.69 Å². The highest BCUT2D eigenvalue weighted by Gasteiger charge is 2.15. The third-order valence-electron chi connectivity index (χ3n) is 4.58. The Morgan fingerprint density at radius 3 is 2.93 bits per heavy atom. The van der Waals surface area contributed by atoms with Gasteiger partial charge in [-0.2, -0.15) is 0 Å². The van der Waals surface area contributed by atoms with Gasteiger partial charge in [-0.05, 0) is 37.1 Å². The van der Waals surface area contributed by atoms with E-state index in [2.05, 4.69) is 10.6 Å². The minimum atomic E-state index is 0. The topological polar surface area (TPSA) is 77.2 Å². The number of anilines is 1. The summed E-state index contributed by atoms with van der Waals surface area (Å²) in [4.78, 5) is 4.72. The van der Waals surface area contributed by atoms with Gasteiger partial charge < -0.3 is 29.3 Å². The van der Waals surface area contributed by atoms with E-state index in [4.69, 9.17) is 23.6 Å². The lowest BCUT2D eigenvalue weighted by Crippen LogP contribution is -2.33. The molecule has 1 fully saturated rings. The average molecular weight is 529 g/mol. The lowest BCUT2D eigenvalue weighted by Gasteiger charge is -2.15. The van der Waals surface area contributed by atoms with Gasteiger partial charge in [-0.3, -0.25) is 4.99 Å². The summed E-state index contributed by atoms with van der Waals surface area (Å²) in [6.45, 7) is 3.51. The summed E-state index contributed by atoms with van der Waals surface area (Å²) in [6.07, 6.45) is 5.71. The van der Waals surface area contributed by atoms with Crippen LogP contribution in [-0.2, 0) is 15.9 Å². The standard InChI is InChI=1S/C22H31N3O4.HI/c1-26-12-5-15-28-20-7-2-6-18(16-20)25-22(24-17-21-9-4-14-29-21)23-11-10-19-8-3-13-27-19;/h2-3,6-8,13,16,21H,4-5,9-12,14-15,17H2,1H3,(H2,23,24,25);1H. The quantitative estimate of drug-likeness (QED) is 0.198. The summed E-state index contributed by atoms with van der Waals surface area (Å²) in [5.74, 6) is 2.49. The summed E-state index contributed by atoms with van der Waals surface area (Å²) < 4.78 is 21.9. The van der Waals surface area contributed by atoms with E-state index in [1.54, 1.807) is 13.4 Å². The first-order valence-corrected chi connectivity index (χ1v) is 10.2. The van der Waals surface area contributed by atoms with Gasteiger partial charge in [0.15, 0.2) is 5.96 Å². The number of nitrogens with one attached hydrogen (secondary N) is 2. The molecular formula is C22H32IN3O4. The van der Waals surface area contributed by atoms with Crippen molar-refractivity contribution in [3.05, 3.63) is 48.4 Å². The Hall–Kier alpha value is -1.78. The smallest absolute Gasteiger partial charge is 0.195 e. The van der Waals surface area contributed by atoms with E-state index in [0.717, 1.165) is 62.0 Å².